The fourth-order valence-corrected chi connectivity index (χ4v) is 3.60. The molecule has 0 bridgehead atoms. The number of hydrogen-bond donors (Lipinski definition) is 1. The van der Waals surface area contributed by atoms with Crippen molar-refractivity contribution in [2.24, 2.45) is 0 Å². The molecule has 1 aromatic carbocycles. The lowest BCUT2D eigenvalue weighted by Gasteiger charge is -2.27. The first kappa shape index (κ1) is 16.8. The first-order valence-electron chi connectivity index (χ1n) is 7.67. The molecule has 1 aromatic heterocycles. The SMILES string of the molecule is O=C(NCCc1ccc(C(F)(F)F)cc1)N1CCc2sccc2C1. The fourth-order valence-electron chi connectivity index (χ4n) is 2.71. The van der Waals surface area contributed by atoms with Crippen molar-refractivity contribution in [2.75, 3.05) is 13.1 Å². The van der Waals surface area contributed by atoms with Gasteiger partial charge in [0.25, 0.3) is 0 Å². The average molecular weight is 354 g/mol. The third kappa shape index (κ3) is 3.90. The van der Waals surface area contributed by atoms with Gasteiger partial charge in [0.15, 0.2) is 0 Å². The summed E-state index contributed by atoms with van der Waals surface area (Å²) >= 11 is 1.72. The summed E-state index contributed by atoms with van der Waals surface area (Å²) in [5.74, 6) is 0. The number of nitrogens with zero attached hydrogens (tertiary/aromatic N) is 1. The summed E-state index contributed by atoms with van der Waals surface area (Å²) < 4.78 is 37.5. The van der Waals surface area contributed by atoms with Gasteiger partial charge in [-0.1, -0.05) is 12.1 Å². The van der Waals surface area contributed by atoms with Crippen LogP contribution in [0.4, 0.5) is 18.0 Å². The molecule has 0 radical (unpaired) electrons. The highest BCUT2D eigenvalue weighted by Crippen LogP contribution is 2.29. The van der Waals surface area contributed by atoms with Gasteiger partial charge in [-0.05, 0) is 47.5 Å². The summed E-state index contributed by atoms with van der Waals surface area (Å²) in [5.41, 5.74) is 1.31. The molecule has 24 heavy (non-hydrogen) atoms. The van der Waals surface area contributed by atoms with Crippen molar-refractivity contribution in [3.05, 3.63) is 57.3 Å². The van der Waals surface area contributed by atoms with Crippen LogP contribution in [-0.4, -0.2) is 24.0 Å². The number of amides is 2. The molecule has 2 heterocycles. The smallest absolute Gasteiger partial charge is 0.338 e. The van der Waals surface area contributed by atoms with Crippen LogP contribution in [-0.2, 0) is 25.6 Å². The summed E-state index contributed by atoms with van der Waals surface area (Å²) in [6.45, 7) is 1.71. The highest BCUT2D eigenvalue weighted by molar-refractivity contribution is 7.10. The average Bonchev–Trinajstić information content (AvgIpc) is 3.02. The Morgan fingerprint density at radius 2 is 1.96 bits per heavy atom. The van der Waals surface area contributed by atoms with Crippen molar-refractivity contribution < 1.29 is 18.0 Å². The number of carbonyl (C=O) groups excluding carboxylic acids is 1. The number of fused-ring (bicyclic) bond motifs is 1. The molecular formula is C17H17F3N2OS. The van der Waals surface area contributed by atoms with Crippen LogP contribution in [0.5, 0.6) is 0 Å². The van der Waals surface area contributed by atoms with Gasteiger partial charge < -0.3 is 10.2 Å². The van der Waals surface area contributed by atoms with Crippen LogP contribution in [0.3, 0.4) is 0 Å². The van der Waals surface area contributed by atoms with E-state index in [1.807, 2.05) is 11.4 Å². The van der Waals surface area contributed by atoms with Crippen LogP contribution < -0.4 is 5.32 Å². The van der Waals surface area contributed by atoms with Gasteiger partial charge in [-0.25, -0.2) is 4.79 Å². The van der Waals surface area contributed by atoms with Crippen molar-refractivity contribution in [3.8, 4) is 0 Å². The quantitative estimate of drug-likeness (QED) is 0.885. The Balaban J connectivity index is 1.47. The number of nitrogens with one attached hydrogen (secondary N) is 1. The molecule has 0 aliphatic carbocycles. The number of hydrogen-bond acceptors (Lipinski definition) is 2. The van der Waals surface area contributed by atoms with Crippen LogP contribution >= 0.6 is 11.3 Å². The molecule has 0 atom stereocenters. The fraction of sp³-hybridized carbons (Fsp3) is 0.353. The van der Waals surface area contributed by atoms with Crippen LogP contribution in [0.15, 0.2) is 35.7 Å². The largest absolute Gasteiger partial charge is 0.416 e. The zero-order valence-corrected chi connectivity index (χ0v) is 13.7. The third-order valence-corrected chi connectivity index (χ3v) is 5.09. The molecule has 1 N–H and O–H groups in total. The zero-order chi connectivity index (χ0) is 17.2. The van der Waals surface area contributed by atoms with Gasteiger partial charge in [-0.3, -0.25) is 0 Å². The second-order valence-corrected chi connectivity index (χ2v) is 6.72. The molecule has 128 valence electrons. The number of carbonyl (C=O) groups is 1. The van der Waals surface area contributed by atoms with Gasteiger partial charge in [0.2, 0.25) is 0 Å². The zero-order valence-electron chi connectivity index (χ0n) is 12.9. The number of alkyl halides is 3. The highest BCUT2D eigenvalue weighted by atomic mass is 32.1. The molecule has 3 nitrogen and oxygen atoms in total. The Labute approximate surface area is 142 Å². The van der Waals surface area contributed by atoms with Crippen LogP contribution in [0.2, 0.25) is 0 Å². The molecule has 0 unspecified atom stereocenters. The van der Waals surface area contributed by atoms with E-state index in [1.54, 1.807) is 16.2 Å². The van der Waals surface area contributed by atoms with E-state index in [4.69, 9.17) is 0 Å². The predicted octanol–water partition coefficient (Wildman–Crippen LogP) is 4.08. The number of benzene rings is 1. The lowest BCUT2D eigenvalue weighted by atomic mass is 10.1. The maximum absolute atomic E-state index is 12.5. The van der Waals surface area contributed by atoms with Gasteiger partial charge in [0.1, 0.15) is 0 Å². The number of halogens is 3. The first-order valence-corrected chi connectivity index (χ1v) is 8.55. The predicted molar refractivity (Wildman–Crippen MR) is 87.0 cm³/mol. The van der Waals surface area contributed by atoms with Crippen molar-refractivity contribution in [1.82, 2.24) is 10.2 Å². The minimum atomic E-state index is -4.32. The monoisotopic (exact) mass is 354 g/mol. The van der Waals surface area contributed by atoms with E-state index < -0.39 is 11.7 Å². The van der Waals surface area contributed by atoms with Crippen LogP contribution in [0, 0.1) is 0 Å². The van der Waals surface area contributed by atoms with Crippen molar-refractivity contribution in [2.45, 2.75) is 25.6 Å². The Hall–Kier alpha value is -2.02. The second-order valence-electron chi connectivity index (χ2n) is 5.72. The van der Waals surface area contributed by atoms with Gasteiger partial charge in [0, 0.05) is 24.5 Å². The Bertz CT molecular complexity index is 709. The van der Waals surface area contributed by atoms with Gasteiger partial charge in [-0.15, -0.1) is 11.3 Å². The van der Waals surface area contributed by atoms with E-state index in [-0.39, 0.29) is 6.03 Å². The number of rotatable bonds is 3. The molecule has 0 saturated heterocycles. The standard InChI is InChI=1S/C17H17F3N2OS/c18-17(19,20)14-3-1-12(2-4-14)5-8-21-16(23)22-9-6-15-13(11-22)7-10-24-15/h1-4,7,10H,5-6,8-9,11H2,(H,21,23). The van der Waals surface area contributed by atoms with E-state index in [0.717, 1.165) is 24.1 Å². The molecule has 0 saturated carbocycles. The van der Waals surface area contributed by atoms with E-state index in [1.165, 1.54) is 22.6 Å². The van der Waals surface area contributed by atoms with E-state index in [0.29, 0.717) is 26.1 Å². The summed E-state index contributed by atoms with van der Waals surface area (Å²) in [4.78, 5) is 15.3. The first-order chi connectivity index (χ1) is 11.4. The van der Waals surface area contributed by atoms with Crippen LogP contribution in [0.1, 0.15) is 21.6 Å². The minimum absolute atomic E-state index is 0.126. The van der Waals surface area contributed by atoms with E-state index in [9.17, 15) is 18.0 Å². The molecule has 0 spiro atoms. The minimum Gasteiger partial charge on any atom is -0.338 e. The van der Waals surface area contributed by atoms with E-state index >= 15 is 0 Å². The molecule has 1 aliphatic rings. The molecule has 0 fully saturated rings. The van der Waals surface area contributed by atoms with Gasteiger partial charge >= 0.3 is 12.2 Å². The molecule has 2 amide bonds. The summed E-state index contributed by atoms with van der Waals surface area (Å²) in [7, 11) is 0. The van der Waals surface area contributed by atoms with Crippen molar-refractivity contribution >= 4 is 17.4 Å². The van der Waals surface area contributed by atoms with Gasteiger partial charge in [-0.2, -0.15) is 13.2 Å². The molecular weight excluding hydrogens is 337 g/mol. The highest BCUT2D eigenvalue weighted by Gasteiger charge is 2.29. The molecule has 1 aliphatic heterocycles. The van der Waals surface area contributed by atoms with E-state index in [2.05, 4.69) is 5.32 Å². The number of thiophene rings is 1. The maximum Gasteiger partial charge on any atom is 0.416 e. The molecule has 3 rings (SSSR count). The molecule has 2 aromatic rings. The maximum atomic E-state index is 12.5. The second kappa shape index (κ2) is 6.84. The lowest BCUT2D eigenvalue weighted by molar-refractivity contribution is -0.137. The number of urea groups is 1. The Morgan fingerprint density at radius 1 is 1.21 bits per heavy atom. The van der Waals surface area contributed by atoms with Crippen molar-refractivity contribution in [1.29, 1.82) is 0 Å². The lowest BCUT2D eigenvalue weighted by Crippen LogP contribution is -2.43. The summed E-state index contributed by atoms with van der Waals surface area (Å²) in [6.07, 6.45) is -2.94. The molecule has 7 heteroatoms. The summed E-state index contributed by atoms with van der Waals surface area (Å²) in [5, 5.41) is 4.88. The Morgan fingerprint density at radius 3 is 2.67 bits per heavy atom. The van der Waals surface area contributed by atoms with Crippen molar-refractivity contribution in [3.63, 3.8) is 0 Å². The third-order valence-electron chi connectivity index (χ3n) is 4.07. The Kier molecular flexibility index (Phi) is 4.80. The normalized spacial score (nSPS) is 14.4. The van der Waals surface area contributed by atoms with Crippen LogP contribution in [0.25, 0.3) is 0 Å². The summed E-state index contributed by atoms with van der Waals surface area (Å²) in [6, 6.07) is 6.96. The topological polar surface area (TPSA) is 32.3 Å². The van der Waals surface area contributed by atoms with Gasteiger partial charge in [0.05, 0.1) is 5.56 Å².